The van der Waals surface area contributed by atoms with Gasteiger partial charge in [-0.05, 0) is 30.9 Å². The molecule has 0 aliphatic heterocycles. The van der Waals surface area contributed by atoms with Crippen molar-refractivity contribution in [3.8, 4) is 0 Å². The third kappa shape index (κ3) is 4.26. The number of amides is 1. The third-order valence-electron chi connectivity index (χ3n) is 4.04. The van der Waals surface area contributed by atoms with Gasteiger partial charge in [0.15, 0.2) is 0 Å². The zero-order valence-electron chi connectivity index (χ0n) is 13.9. The molecule has 1 aromatic heterocycles. The molecule has 24 heavy (non-hydrogen) atoms. The summed E-state index contributed by atoms with van der Waals surface area (Å²) >= 11 is 7.86. The number of carbonyl (C=O) groups excluding carboxylic acids is 1. The van der Waals surface area contributed by atoms with Crippen molar-refractivity contribution in [2.24, 2.45) is 0 Å². The maximum absolute atomic E-state index is 11.4. The van der Waals surface area contributed by atoms with Gasteiger partial charge in [-0.1, -0.05) is 23.7 Å². The number of fused-ring (bicyclic) bond motifs is 1. The molecule has 1 heterocycles. The number of benzene rings is 1. The summed E-state index contributed by atoms with van der Waals surface area (Å²) in [6, 6.07) is 5.17. The zero-order valence-corrected chi connectivity index (χ0v) is 15.5. The number of hydrogen-bond donors (Lipinski definition) is 2. The zero-order chi connectivity index (χ0) is 17.9. The van der Waals surface area contributed by atoms with Gasteiger partial charge >= 0.3 is 5.97 Å². The maximum Gasteiger partial charge on any atom is 0.320 e. The lowest BCUT2D eigenvalue weighted by Gasteiger charge is -2.26. The van der Waals surface area contributed by atoms with Gasteiger partial charge in [0.1, 0.15) is 6.04 Å². The standard InChI is InChI=1S/C17H21ClN2O3S/c1-10-13-5-4-6-14(18)16(13)24-15(10)9-20(11(2)17(22)23)8-7-19-12(3)21/h4-6,11H,7-9H2,1-3H3,(H,19,21)(H,22,23). The number of carboxylic acid groups (broad SMARTS) is 1. The minimum absolute atomic E-state index is 0.122. The molecule has 0 fully saturated rings. The summed E-state index contributed by atoms with van der Waals surface area (Å²) < 4.78 is 1.02. The van der Waals surface area contributed by atoms with Gasteiger partial charge < -0.3 is 10.4 Å². The van der Waals surface area contributed by atoms with Crippen LogP contribution in [0.25, 0.3) is 10.1 Å². The van der Waals surface area contributed by atoms with Crippen molar-refractivity contribution in [1.82, 2.24) is 10.2 Å². The minimum Gasteiger partial charge on any atom is -0.480 e. The molecule has 2 rings (SSSR count). The van der Waals surface area contributed by atoms with Crippen LogP contribution in [-0.4, -0.2) is 41.0 Å². The van der Waals surface area contributed by atoms with E-state index in [1.807, 2.05) is 30.0 Å². The van der Waals surface area contributed by atoms with E-state index in [0.29, 0.717) is 24.7 Å². The lowest BCUT2D eigenvalue weighted by atomic mass is 10.1. The maximum atomic E-state index is 11.4. The number of nitrogens with one attached hydrogen (secondary N) is 1. The van der Waals surface area contributed by atoms with Crippen LogP contribution in [0.15, 0.2) is 18.2 Å². The van der Waals surface area contributed by atoms with E-state index in [4.69, 9.17) is 11.6 Å². The Morgan fingerprint density at radius 3 is 2.71 bits per heavy atom. The Bertz CT molecular complexity index is 760. The monoisotopic (exact) mass is 368 g/mol. The summed E-state index contributed by atoms with van der Waals surface area (Å²) in [5.41, 5.74) is 1.12. The number of rotatable bonds is 7. The van der Waals surface area contributed by atoms with Crippen molar-refractivity contribution in [2.75, 3.05) is 13.1 Å². The number of nitrogens with zero attached hydrogens (tertiary/aromatic N) is 1. The van der Waals surface area contributed by atoms with Crippen molar-refractivity contribution < 1.29 is 14.7 Å². The molecule has 0 saturated heterocycles. The smallest absolute Gasteiger partial charge is 0.320 e. The minimum atomic E-state index is -0.880. The highest BCUT2D eigenvalue weighted by Crippen LogP contribution is 2.36. The molecule has 0 saturated carbocycles. The first-order valence-corrected chi connectivity index (χ1v) is 8.88. The fourth-order valence-corrected chi connectivity index (χ4v) is 4.06. The predicted molar refractivity (Wildman–Crippen MR) is 97.8 cm³/mol. The Morgan fingerprint density at radius 2 is 2.12 bits per heavy atom. The summed E-state index contributed by atoms with van der Waals surface area (Å²) in [4.78, 5) is 25.4. The summed E-state index contributed by atoms with van der Waals surface area (Å²) in [6.45, 7) is 6.53. The summed E-state index contributed by atoms with van der Waals surface area (Å²) in [5, 5.41) is 13.9. The number of aryl methyl sites for hydroxylation is 1. The molecule has 1 aromatic carbocycles. The largest absolute Gasteiger partial charge is 0.480 e. The first-order valence-electron chi connectivity index (χ1n) is 7.69. The molecule has 0 aliphatic rings. The average Bonchev–Trinajstić information content (AvgIpc) is 2.83. The molecule has 1 unspecified atom stereocenters. The van der Waals surface area contributed by atoms with Gasteiger partial charge in [-0.3, -0.25) is 14.5 Å². The summed E-state index contributed by atoms with van der Waals surface area (Å²) in [5.74, 6) is -1.00. The van der Waals surface area contributed by atoms with E-state index < -0.39 is 12.0 Å². The Labute approximate surface area is 150 Å². The highest BCUT2D eigenvalue weighted by molar-refractivity contribution is 7.20. The van der Waals surface area contributed by atoms with E-state index in [-0.39, 0.29) is 5.91 Å². The quantitative estimate of drug-likeness (QED) is 0.786. The number of aliphatic carboxylic acids is 1. The van der Waals surface area contributed by atoms with E-state index in [2.05, 4.69) is 5.32 Å². The summed E-state index contributed by atoms with van der Waals surface area (Å²) in [6.07, 6.45) is 0. The van der Waals surface area contributed by atoms with Crippen LogP contribution in [-0.2, 0) is 16.1 Å². The fraction of sp³-hybridized carbons (Fsp3) is 0.412. The van der Waals surface area contributed by atoms with Gasteiger partial charge in [0, 0.05) is 31.4 Å². The second kappa shape index (κ2) is 7.96. The fourth-order valence-electron chi connectivity index (χ4n) is 2.53. The van der Waals surface area contributed by atoms with Gasteiger partial charge in [0.25, 0.3) is 0 Å². The first-order chi connectivity index (χ1) is 11.3. The normalized spacial score (nSPS) is 12.5. The molecule has 0 spiro atoms. The Morgan fingerprint density at radius 1 is 1.42 bits per heavy atom. The topological polar surface area (TPSA) is 69.6 Å². The molecule has 2 N–H and O–H groups in total. The van der Waals surface area contributed by atoms with Gasteiger partial charge in [-0.15, -0.1) is 11.3 Å². The highest BCUT2D eigenvalue weighted by Gasteiger charge is 2.22. The lowest BCUT2D eigenvalue weighted by molar-refractivity contribution is -0.142. The van der Waals surface area contributed by atoms with E-state index in [1.54, 1.807) is 18.3 Å². The van der Waals surface area contributed by atoms with E-state index in [0.717, 1.165) is 20.5 Å². The van der Waals surface area contributed by atoms with E-state index in [9.17, 15) is 14.7 Å². The number of hydrogen-bond acceptors (Lipinski definition) is 4. The number of carboxylic acids is 1. The molecule has 130 valence electrons. The van der Waals surface area contributed by atoms with Crippen LogP contribution in [0.2, 0.25) is 5.02 Å². The first kappa shape index (κ1) is 18.7. The van der Waals surface area contributed by atoms with E-state index in [1.165, 1.54) is 6.92 Å². The van der Waals surface area contributed by atoms with Crippen molar-refractivity contribution in [3.05, 3.63) is 33.7 Å². The molecule has 1 amide bonds. The van der Waals surface area contributed by atoms with Crippen molar-refractivity contribution >= 4 is 44.9 Å². The van der Waals surface area contributed by atoms with Crippen molar-refractivity contribution in [3.63, 3.8) is 0 Å². The second-order valence-electron chi connectivity index (χ2n) is 5.73. The van der Waals surface area contributed by atoms with Gasteiger partial charge in [-0.25, -0.2) is 0 Å². The predicted octanol–water partition coefficient (Wildman–Crippen LogP) is 3.27. The molecule has 5 nitrogen and oxygen atoms in total. The SMILES string of the molecule is CC(=O)NCCN(Cc1sc2c(Cl)cccc2c1C)C(C)C(=O)O. The van der Waals surface area contributed by atoms with Crippen LogP contribution in [0, 0.1) is 6.92 Å². The number of halogens is 1. The molecule has 2 aromatic rings. The molecule has 7 heteroatoms. The third-order valence-corrected chi connectivity index (χ3v) is 5.79. The van der Waals surface area contributed by atoms with Crippen molar-refractivity contribution in [1.29, 1.82) is 0 Å². The Kier molecular flexibility index (Phi) is 6.21. The van der Waals surface area contributed by atoms with Crippen LogP contribution in [0.5, 0.6) is 0 Å². The van der Waals surface area contributed by atoms with Crippen LogP contribution in [0.3, 0.4) is 0 Å². The van der Waals surface area contributed by atoms with Crippen LogP contribution >= 0.6 is 22.9 Å². The molecular formula is C17H21ClN2O3S. The summed E-state index contributed by atoms with van der Waals surface area (Å²) in [7, 11) is 0. The molecular weight excluding hydrogens is 348 g/mol. The molecule has 0 bridgehead atoms. The van der Waals surface area contributed by atoms with E-state index >= 15 is 0 Å². The second-order valence-corrected chi connectivity index (χ2v) is 7.25. The van der Waals surface area contributed by atoms with Crippen molar-refractivity contribution in [2.45, 2.75) is 33.4 Å². The van der Waals surface area contributed by atoms with Gasteiger partial charge in [0.05, 0.1) is 9.72 Å². The van der Waals surface area contributed by atoms with Gasteiger partial charge in [0.2, 0.25) is 5.91 Å². The highest BCUT2D eigenvalue weighted by atomic mass is 35.5. The number of carbonyl (C=O) groups is 2. The van der Waals surface area contributed by atoms with Gasteiger partial charge in [-0.2, -0.15) is 0 Å². The lowest BCUT2D eigenvalue weighted by Crippen LogP contribution is -2.42. The molecule has 0 radical (unpaired) electrons. The number of thiophene rings is 1. The van der Waals surface area contributed by atoms with Crippen LogP contribution < -0.4 is 5.32 Å². The van der Waals surface area contributed by atoms with Crippen LogP contribution in [0.4, 0.5) is 0 Å². The molecule has 1 atom stereocenters. The Hall–Kier alpha value is -1.63. The molecule has 0 aliphatic carbocycles. The average molecular weight is 369 g/mol. The Balaban J connectivity index is 2.25. The van der Waals surface area contributed by atoms with Crippen LogP contribution in [0.1, 0.15) is 24.3 Å².